The molecule has 15 heavy (non-hydrogen) atoms. The van der Waals surface area contributed by atoms with Crippen LogP contribution in [0.2, 0.25) is 0 Å². The molecule has 0 bridgehead atoms. The van der Waals surface area contributed by atoms with Crippen LogP contribution in [0.3, 0.4) is 0 Å². The fourth-order valence-corrected chi connectivity index (χ4v) is 3.20. The number of nitrogens with zero attached hydrogens (tertiary/aromatic N) is 1. The van der Waals surface area contributed by atoms with E-state index < -0.39 is 0 Å². The van der Waals surface area contributed by atoms with Gasteiger partial charge in [-0.3, -0.25) is 0 Å². The number of hydrogen-bond donors (Lipinski definition) is 0. The molecule has 1 saturated heterocycles. The molecule has 2 nitrogen and oxygen atoms in total. The van der Waals surface area contributed by atoms with Crippen LogP contribution < -0.4 is 0 Å². The van der Waals surface area contributed by atoms with Crippen molar-refractivity contribution in [2.24, 2.45) is 11.3 Å². The summed E-state index contributed by atoms with van der Waals surface area (Å²) >= 11 is 0. The highest BCUT2D eigenvalue weighted by molar-refractivity contribution is 5.05. The molecule has 1 aliphatic carbocycles. The summed E-state index contributed by atoms with van der Waals surface area (Å²) in [5.74, 6) is 0.725. The summed E-state index contributed by atoms with van der Waals surface area (Å²) in [5, 5.41) is 9.35. The zero-order valence-electron chi connectivity index (χ0n) is 9.83. The molecule has 0 N–H and O–H groups in total. The Morgan fingerprint density at radius 1 is 1.33 bits per heavy atom. The standard InChI is InChI=1S/C13H21NO/c1-10-5-6-13(7-10,9-14)8-12-4-3-11(2)15-12/h10-12H,3-8H2,1-2H3. The van der Waals surface area contributed by atoms with Gasteiger partial charge in [-0.05, 0) is 51.4 Å². The van der Waals surface area contributed by atoms with E-state index in [0.717, 1.165) is 31.6 Å². The van der Waals surface area contributed by atoms with Gasteiger partial charge in [-0.1, -0.05) is 6.92 Å². The average molecular weight is 207 g/mol. The minimum atomic E-state index is -0.0614. The molecule has 0 aromatic rings. The fraction of sp³-hybridized carbons (Fsp3) is 0.923. The summed E-state index contributed by atoms with van der Waals surface area (Å²) < 4.78 is 5.83. The summed E-state index contributed by atoms with van der Waals surface area (Å²) in [6, 6.07) is 2.57. The van der Waals surface area contributed by atoms with Gasteiger partial charge in [-0.15, -0.1) is 0 Å². The number of ether oxygens (including phenoxy) is 1. The Morgan fingerprint density at radius 2 is 2.13 bits per heavy atom. The molecule has 4 atom stereocenters. The molecule has 4 unspecified atom stereocenters. The maximum atomic E-state index is 9.35. The van der Waals surface area contributed by atoms with Crippen LogP contribution in [-0.2, 0) is 4.74 Å². The zero-order chi connectivity index (χ0) is 10.9. The van der Waals surface area contributed by atoms with E-state index >= 15 is 0 Å². The van der Waals surface area contributed by atoms with E-state index in [2.05, 4.69) is 19.9 Å². The van der Waals surface area contributed by atoms with Crippen molar-refractivity contribution in [2.45, 2.75) is 64.6 Å². The molecule has 0 aromatic heterocycles. The van der Waals surface area contributed by atoms with Crippen molar-refractivity contribution in [1.29, 1.82) is 5.26 Å². The Bertz CT molecular complexity index is 270. The maximum absolute atomic E-state index is 9.35. The lowest BCUT2D eigenvalue weighted by atomic mass is 9.81. The van der Waals surface area contributed by atoms with Crippen molar-refractivity contribution < 1.29 is 4.74 Å². The first-order valence-electron chi connectivity index (χ1n) is 6.20. The van der Waals surface area contributed by atoms with Crippen molar-refractivity contribution in [3.8, 4) is 6.07 Å². The topological polar surface area (TPSA) is 33.0 Å². The monoisotopic (exact) mass is 207 g/mol. The Morgan fingerprint density at radius 3 is 2.60 bits per heavy atom. The highest BCUT2D eigenvalue weighted by Crippen LogP contribution is 2.46. The number of nitriles is 1. The van der Waals surface area contributed by atoms with E-state index in [4.69, 9.17) is 4.74 Å². The van der Waals surface area contributed by atoms with Crippen LogP contribution in [0.1, 0.15) is 52.4 Å². The average Bonchev–Trinajstić information content (AvgIpc) is 2.75. The molecule has 0 amide bonds. The Balaban J connectivity index is 1.94. The summed E-state index contributed by atoms with van der Waals surface area (Å²) in [4.78, 5) is 0. The van der Waals surface area contributed by atoms with Gasteiger partial charge in [-0.2, -0.15) is 5.26 Å². The van der Waals surface area contributed by atoms with Gasteiger partial charge < -0.3 is 4.74 Å². The predicted molar refractivity (Wildman–Crippen MR) is 59.2 cm³/mol. The molecule has 0 aromatic carbocycles. The Labute approximate surface area is 92.6 Å². The third kappa shape index (κ3) is 2.34. The van der Waals surface area contributed by atoms with Crippen molar-refractivity contribution in [1.82, 2.24) is 0 Å². The highest BCUT2D eigenvalue weighted by atomic mass is 16.5. The van der Waals surface area contributed by atoms with Gasteiger partial charge in [0.2, 0.25) is 0 Å². The zero-order valence-corrected chi connectivity index (χ0v) is 9.83. The highest BCUT2D eigenvalue weighted by Gasteiger charge is 2.41. The third-order valence-electron chi connectivity index (χ3n) is 4.03. The van der Waals surface area contributed by atoms with E-state index in [0.29, 0.717) is 12.2 Å². The normalized spacial score (nSPS) is 45.5. The van der Waals surface area contributed by atoms with Crippen LogP contribution in [0, 0.1) is 22.7 Å². The quantitative estimate of drug-likeness (QED) is 0.696. The van der Waals surface area contributed by atoms with E-state index in [1.807, 2.05) is 0 Å². The van der Waals surface area contributed by atoms with Crippen molar-refractivity contribution in [3.63, 3.8) is 0 Å². The smallest absolute Gasteiger partial charge is 0.0690 e. The van der Waals surface area contributed by atoms with Gasteiger partial charge in [0.15, 0.2) is 0 Å². The van der Waals surface area contributed by atoms with Gasteiger partial charge in [0.1, 0.15) is 0 Å². The van der Waals surface area contributed by atoms with Crippen LogP contribution in [-0.4, -0.2) is 12.2 Å². The molecule has 1 aliphatic heterocycles. The van der Waals surface area contributed by atoms with Gasteiger partial charge in [-0.25, -0.2) is 0 Å². The van der Waals surface area contributed by atoms with E-state index in [1.54, 1.807) is 0 Å². The molecule has 2 aliphatic rings. The molecular formula is C13H21NO. The van der Waals surface area contributed by atoms with E-state index in [9.17, 15) is 5.26 Å². The Hall–Kier alpha value is -0.550. The van der Waals surface area contributed by atoms with Gasteiger partial charge in [0, 0.05) is 0 Å². The number of rotatable bonds is 2. The van der Waals surface area contributed by atoms with Crippen molar-refractivity contribution >= 4 is 0 Å². The van der Waals surface area contributed by atoms with Gasteiger partial charge in [0.25, 0.3) is 0 Å². The van der Waals surface area contributed by atoms with Crippen LogP contribution in [0.5, 0.6) is 0 Å². The van der Waals surface area contributed by atoms with Crippen LogP contribution >= 0.6 is 0 Å². The predicted octanol–water partition coefficient (Wildman–Crippen LogP) is 3.27. The van der Waals surface area contributed by atoms with E-state index in [1.165, 1.54) is 12.8 Å². The molecule has 0 spiro atoms. The molecule has 1 saturated carbocycles. The first-order chi connectivity index (χ1) is 7.13. The molecule has 0 radical (unpaired) electrons. The second-order valence-corrected chi connectivity index (χ2v) is 5.59. The third-order valence-corrected chi connectivity index (χ3v) is 4.03. The maximum Gasteiger partial charge on any atom is 0.0690 e. The van der Waals surface area contributed by atoms with E-state index in [-0.39, 0.29) is 5.41 Å². The van der Waals surface area contributed by atoms with Crippen LogP contribution in [0.4, 0.5) is 0 Å². The fourth-order valence-electron chi connectivity index (χ4n) is 3.20. The van der Waals surface area contributed by atoms with Crippen molar-refractivity contribution in [2.75, 3.05) is 0 Å². The second kappa shape index (κ2) is 4.14. The summed E-state index contributed by atoms with van der Waals surface area (Å²) in [6.45, 7) is 4.40. The molecule has 84 valence electrons. The first-order valence-corrected chi connectivity index (χ1v) is 6.20. The lowest BCUT2D eigenvalue weighted by Gasteiger charge is -2.24. The Kier molecular flexibility index (Phi) is 3.02. The molecule has 2 heteroatoms. The molecule has 1 heterocycles. The summed E-state index contributed by atoms with van der Waals surface area (Å²) in [7, 11) is 0. The lowest BCUT2D eigenvalue weighted by Crippen LogP contribution is -2.22. The SMILES string of the molecule is CC1CCC(C#N)(CC2CCC(C)O2)C1. The molecule has 2 fully saturated rings. The minimum absolute atomic E-state index is 0.0614. The largest absolute Gasteiger partial charge is 0.375 e. The van der Waals surface area contributed by atoms with Crippen molar-refractivity contribution in [3.05, 3.63) is 0 Å². The second-order valence-electron chi connectivity index (χ2n) is 5.59. The molecule has 2 rings (SSSR count). The lowest BCUT2D eigenvalue weighted by molar-refractivity contribution is 0.0322. The van der Waals surface area contributed by atoms with Crippen LogP contribution in [0.15, 0.2) is 0 Å². The molecular weight excluding hydrogens is 186 g/mol. The number of hydrogen-bond acceptors (Lipinski definition) is 2. The van der Waals surface area contributed by atoms with Crippen LogP contribution in [0.25, 0.3) is 0 Å². The first kappa shape index (κ1) is 11.0. The summed E-state index contributed by atoms with van der Waals surface area (Å²) in [6.07, 6.45) is 7.43. The summed E-state index contributed by atoms with van der Waals surface area (Å²) in [5.41, 5.74) is -0.0614. The minimum Gasteiger partial charge on any atom is -0.375 e. The van der Waals surface area contributed by atoms with Gasteiger partial charge in [0.05, 0.1) is 23.7 Å². The van der Waals surface area contributed by atoms with Gasteiger partial charge >= 0.3 is 0 Å².